The number of hydrogen-bond acceptors (Lipinski definition) is 4. The van der Waals surface area contributed by atoms with Crippen LogP contribution in [0.5, 0.6) is 11.5 Å². The average Bonchev–Trinajstić information content (AvgIpc) is 3.63. The molecule has 2 aliphatic rings. The normalized spacial score (nSPS) is 17.5. The van der Waals surface area contributed by atoms with Gasteiger partial charge in [-0.2, -0.15) is 0 Å². The van der Waals surface area contributed by atoms with Crippen molar-refractivity contribution in [3.8, 4) is 11.5 Å². The van der Waals surface area contributed by atoms with Crippen LogP contribution in [0.4, 0.5) is 10.5 Å². The molecule has 0 saturated heterocycles. The van der Waals surface area contributed by atoms with Crippen molar-refractivity contribution in [3.05, 3.63) is 53.1 Å². The van der Waals surface area contributed by atoms with E-state index < -0.39 is 0 Å². The minimum absolute atomic E-state index is 0.0616. The third-order valence-corrected chi connectivity index (χ3v) is 5.98. The first-order chi connectivity index (χ1) is 15.0. The molecule has 0 bridgehead atoms. The number of aryl methyl sites for hydroxylation is 1. The van der Waals surface area contributed by atoms with E-state index in [0.717, 1.165) is 35.2 Å². The SMILES string of the molecule is COc1cc2c(cc1OC)[C@H](CNC(=O)C1CC1)N(C(=O)Nc1ccc(C)cc1)CC2. The van der Waals surface area contributed by atoms with E-state index in [1.165, 1.54) is 0 Å². The van der Waals surface area contributed by atoms with Crippen LogP contribution in [0.1, 0.15) is 35.6 Å². The van der Waals surface area contributed by atoms with Crippen LogP contribution >= 0.6 is 0 Å². The summed E-state index contributed by atoms with van der Waals surface area (Å²) in [6, 6.07) is 11.1. The largest absolute Gasteiger partial charge is 0.493 e. The lowest BCUT2D eigenvalue weighted by atomic mass is 9.91. The second kappa shape index (κ2) is 8.88. The number of anilines is 1. The van der Waals surface area contributed by atoms with Gasteiger partial charge in [0.05, 0.1) is 20.3 Å². The van der Waals surface area contributed by atoms with E-state index >= 15 is 0 Å². The van der Waals surface area contributed by atoms with Crippen molar-refractivity contribution in [3.63, 3.8) is 0 Å². The summed E-state index contributed by atoms with van der Waals surface area (Å²) < 4.78 is 10.9. The molecule has 7 heteroatoms. The number of nitrogens with one attached hydrogen (secondary N) is 2. The lowest BCUT2D eigenvalue weighted by Crippen LogP contribution is -2.47. The first-order valence-corrected chi connectivity index (χ1v) is 10.7. The van der Waals surface area contributed by atoms with Crippen molar-refractivity contribution in [2.24, 2.45) is 5.92 Å². The number of methoxy groups -OCH3 is 2. The molecule has 164 valence electrons. The number of ether oxygens (including phenoxy) is 2. The van der Waals surface area contributed by atoms with E-state index in [0.29, 0.717) is 31.0 Å². The van der Waals surface area contributed by atoms with Gasteiger partial charge >= 0.3 is 6.03 Å². The van der Waals surface area contributed by atoms with Gasteiger partial charge in [-0.3, -0.25) is 4.79 Å². The predicted molar refractivity (Wildman–Crippen MR) is 119 cm³/mol. The number of fused-ring (bicyclic) bond motifs is 1. The number of hydrogen-bond donors (Lipinski definition) is 2. The van der Waals surface area contributed by atoms with Crippen LogP contribution in [-0.4, -0.2) is 44.1 Å². The van der Waals surface area contributed by atoms with Gasteiger partial charge in [0.15, 0.2) is 11.5 Å². The third kappa shape index (κ3) is 4.60. The highest BCUT2D eigenvalue weighted by molar-refractivity contribution is 5.90. The Morgan fingerprint density at radius 3 is 2.39 bits per heavy atom. The van der Waals surface area contributed by atoms with Crippen LogP contribution in [0.3, 0.4) is 0 Å². The maximum atomic E-state index is 13.2. The molecule has 2 N–H and O–H groups in total. The van der Waals surface area contributed by atoms with Crippen LogP contribution in [0.15, 0.2) is 36.4 Å². The molecule has 3 amide bonds. The summed E-state index contributed by atoms with van der Waals surface area (Å²) in [5.74, 6) is 1.45. The Hall–Kier alpha value is -3.22. The molecular weight excluding hydrogens is 394 g/mol. The summed E-state index contributed by atoms with van der Waals surface area (Å²) in [6.45, 7) is 2.91. The third-order valence-electron chi connectivity index (χ3n) is 5.98. The monoisotopic (exact) mass is 423 g/mol. The fourth-order valence-corrected chi connectivity index (χ4v) is 4.01. The summed E-state index contributed by atoms with van der Waals surface area (Å²) >= 11 is 0. The highest BCUT2D eigenvalue weighted by Gasteiger charge is 2.35. The summed E-state index contributed by atoms with van der Waals surface area (Å²) in [4.78, 5) is 27.3. The molecule has 31 heavy (non-hydrogen) atoms. The van der Waals surface area contributed by atoms with Crippen molar-refractivity contribution in [1.82, 2.24) is 10.2 Å². The number of benzene rings is 2. The molecule has 7 nitrogen and oxygen atoms in total. The Morgan fingerprint density at radius 2 is 1.74 bits per heavy atom. The summed E-state index contributed by atoms with van der Waals surface area (Å²) in [5, 5.41) is 6.04. The Balaban J connectivity index is 1.61. The van der Waals surface area contributed by atoms with Crippen LogP contribution < -0.4 is 20.1 Å². The molecule has 1 aliphatic heterocycles. The van der Waals surface area contributed by atoms with Gasteiger partial charge in [-0.05, 0) is 61.6 Å². The van der Waals surface area contributed by atoms with Crippen molar-refractivity contribution in [2.75, 3.05) is 32.6 Å². The van der Waals surface area contributed by atoms with Crippen molar-refractivity contribution >= 4 is 17.6 Å². The predicted octanol–water partition coefficient (Wildman–Crippen LogP) is 3.67. The van der Waals surface area contributed by atoms with Gasteiger partial charge in [0.1, 0.15) is 0 Å². The van der Waals surface area contributed by atoms with Crippen molar-refractivity contribution in [1.29, 1.82) is 0 Å². The lowest BCUT2D eigenvalue weighted by molar-refractivity contribution is -0.122. The number of urea groups is 1. The smallest absolute Gasteiger partial charge is 0.322 e. The number of nitrogens with zero attached hydrogens (tertiary/aromatic N) is 1. The minimum Gasteiger partial charge on any atom is -0.493 e. The van der Waals surface area contributed by atoms with Crippen LogP contribution in [0.2, 0.25) is 0 Å². The van der Waals surface area contributed by atoms with E-state index in [1.54, 1.807) is 19.1 Å². The van der Waals surface area contributed by atoms with Gasteiger partial charge in [-0.25, -0.2) is 4.79 Å². The zero-order valence-electron chi connectivity index (χ0n) is 18.2. The molecule has 0 aromatic heterocycles. The zero-order valence-corrected chi connectivity index (χ0v) is 18.2. The van der Waals surface area contributed by atoms with E-state index in [-0.39, 0.29) is 23.9 Å². The molecule has 2 aromatic rings. The number of amides is 3. The molecule has 0 unspecified atom stereocenters. The first-order valence-electron chi connectivity index (χ1n) is 10.7. The molecule has 1 aliphatic carbocycles. The van der Waals surface area contributed by atoms with E-state index in [2.05, 4.69) is 10.6 Å². The fraction of sp³-hybridized carbons (Fsp3) is 0.417. The van der Waals surface area contributed by atoms with Crippen LogP contribution in [0, 0.1) is 12.8 Å². The zero-order chi connectivity index (χ0) is 22.0. The van der Waals surface area contributed by atoms with Gasteiger partial charge in [-0.1, -0.05) is 17.7 Å². The summed E-state index contributed by atoms with van der Waals surface area (Å²) in [7, 11) is 3.21. The van der Waals surface area contributed by atoms with Crippen LogP contribution in [0.25, 0.3) is 0 Å². The Morgan fingerprint density at radius 1 is 1.06 bits per heavy atom. The number of carbonyl (C=O) groups excluding carboxylic acids is 2. The Bertz CT molecular complexity index is 970. The molecule has 0 spiro atoms. The minimum atomic E-state index is -0.295. The standard InChI is InChI=1S/C24H29N3O4/c1-15-4-8-18(9-5-15)26-24(29)27-11-10-17-12-21(30-2)22(31-3)13-19(17)20(27)14-25-23(28)16-6-7-16/h4-5,8-9,12-13,16,20H,6-7,10-11,14H2,1-3H3,(H,25,28)(H,26,29)/t20-/m0/s1. The Kier molecular flexibility index (Phi) is 6.02. The molecule has 1 fully saturated rings. The Labute approximate surface area is 182 Å². The van der Waals surface area contributed by atoms with Crippen molar-refractivity contribution in [2.45, 2.75) is 32.2 Å². The highest BCUT2D eigenvalue weighted by Crippen LogP contribution is 2.38. The van der Waals surface area contributed by atoms with Gasteiger partial charge in [0, 0.05) is 24.7 Å². The lowest BCUT2D eigenvalue weighted by Gasteiger charge is -2.38. The molecule has 1 heterocycles. The molecule has 4 rings (SSSR count). The van der Waals surface area contributed by atoms with Crippen molar-refractivity contribution < 1.29 is 19.1 Å². The maximum absolute atomic E-state index is 13.2. The topological polar surface area (TPSA) is 79.9 Å². The molecule has 1 atom stereocenters. The first kappa shape index (κ1) is 21.0. The van der Waals surface area contributed by atoms with Gasteiger partial charge in [0.25, 0.3) is 0 Å². The molecular formula is C24H29N3O4. The number of rotatable bonds is 6. The van der Waals surface area contributed by atoms with Gasteiger partial charge in [0.2, 0.25) is 5.91 Å². The average molecular weight is 424 g/mol. The van der Waals surface area contributed by atoms with E-state index in [9.17, 15) is 9.59 Å². The van der Waals surface area contributed by atoms with Gasteiger partial charge < -0.3 is 25.0 Å². The molecule has 1 saturated carbocycles. The maximum Gasteiger partial charge on any atom is 0.322 e. The van der Waals surface area contributed by atoms with E-state index in [1.807, 2.05) is 43.3 Å². The quantitative estimate of drug-likeness (QED) is 0.743. The number of carbonyl (C=O) groups is 2. The molecule has 0 radical (unpaired) electrons. The fourth-order valence-electron chi connectivity index (χ4n) is 4.01. The summed E-state index contributed by atoms with van der Waals surface area (Å²) in [5.41, 5.74) is 3.95. The highest BCUT2D eigenvalue weighted by atomic mass is 16.5. The molecule has 2 aromatic carbocycles. The summed E-state index contributed by atoms with van der Waals surface area (Å²) in [6.07, 6.45) is 2.58. The van der Waals surface area contributed by atoms with E-state index in [4.69, 9.17) is 9.47 Å². The second-order valence-electron chi connectivity index (χ2n) is 8.18. The second-order valence-corrected chi connectivity index (χ2v) is 8.18. The van der Waals surface area contributed by atoms with Gasteiger partial charge in [-0.15, -0.1) is 0 Å². The van der Waals surface area contributed by atoms with Crippen LogP contribution in [-0.2, 0) is 11.2 Å².